The molecule has 7 nitrogen and oxygen atoms in total. The summed E-state index contributed by atoms with van der Waals surface area (Å²) in [5.74, 6) is -1.67. The van der Waals surface area contributed by atoms with Gasteiger partial charge in [0.2, 0.25) is 0 Å². The van der Waals surface area contributed by atoms with Crippen LogP contribution in [0.25, 0.3) is 0 Å². The molecule has 112 valence electrons. The topological polar surface area (TPSA) is 95.9 Å². The average Bonchev–Trinajstić information content (AvgIpc) is 3.15. The molecule has 2 fully saturated rings. The number of hydrogen-bond acceptors (Lipinski definition) is 4. The first-order chi connectivity index (χ1) is 9.38. The predicted octanol–water partition coefficient (Wildman–Crippen LogP) is 0.444. The Balaban J connectivity index is 1.95. The van der Waals surface area contributed by atoms with Crippen LogP contribution < -0.4 is 5.32 Å². The molecular weight excluding hydrogens is 264 g/mol. The van der Waals surface area contributed by atoms with Crippen LogP contribution >= 0.6 is 0 Å². The Kier molecular flexibility index (Phi) is 3.87. The van der Waals surface area contributed by atoms with Crippen LogP contribution in [0.5, 0.6) is 0 Å². The molecule has 7 heteroatoms. The predicted molar refractivity (Wildman–Crippen MR) is 69.0 cm³/mol. The average molecular weight is 284 g/mol. The van der Waals surface area contributed by atoms with E-state index < -0.39 is 17.5 Å². The van der Waals surface area contributed by atoms with Gasteiger partial charge < -0.3 is 20.1 Å². The molecule has 1 heterocycles. The van der Waals surface area contributed by atoms with Crippen molar-refractivity contribution in [3.8, 4) is 0 Å². The Hall–Kier alpha value is -1.79. The van der Waals surface area contributed by atoms with Gasteiger partial charge in [-0.2, -0.15) is 0 Å². The number of amides is 2. The van der Waals surface area contributed by atoms with Gasteiger partial charge in [-0.3, -0.25) is 4.79 Å². The molecule has 1 aliphatic carbocycles. The summed E-state index contributed by atoms with van der Waals surface area (Å²) in [5.41, 5.74) is -1.22. The summed E-state index contributed by atoms with van der Waals surface area (Å²) < 4.78 is 4.66. The van der Waals surface area contributed by atoms with Gasteiger partial charge in [0.05, 0.1) is 13.0 Å². The van der Waals surface area contributed by atoms with Crippen molar-refractivity contribution < 1.29 is 24.2 Å². The molecule has 2 rings (SSSR count). The lowest BCUT2D eigenvalue weighted by Crippen LogP contribution is -2.57. The van der Waals surface area contributed by atoms with Crippen molar-refractivity contribution in [3.63, 3.8) is 0 Å². The molecule has 2 atom stereocenters. The summed E-state index contributed by atoms with van der Waals surface area (Å²) in [5, 5.41) is 11.9. The number of likely N-dealkylation sites (tertiary alicyclic amines) is 1. The van der Waals surface area contributed by atoms with Crippen LogP contribution in [0, 0.1) is 11.8 Å². The number of ether oxygens (including phenoxy) is 1. The van der Waals surface area contributed by atoms with Crippen molar-refractivity contribution in [1.29, 1.82) is 0 Å². The Labute approximate surface area is 117 Å². The molecule has 0 radical (unpaired) electrons. The molecule has 1 saturated heterocycles. The third-order valence-electron chi connectivity index (χ3n) is 4.21. The maximum absolute atomic E-state index is 12.2. The van der Waals surface area contributed by atoms with E-state index in [1.165, 1.54) is 12.0 Å². The SMILES string of the molecule is COC(=O)C1CCN(C(=O)NC(C)(C(=O)O)C2CC2)C1. The first kappa shape index (κ1) is 14.6. The molecule has 0 aromatic rings. The third-order valence-corrected chi connectivity index (χ3v) is 4.21. The number of nitrogens with one attached hydrogen (secondary N) is 1. The highest BCUT2D eigenvalue weighted by Crippen LogP contribution is 2.39. The van der Waals surface area contributed by atoms with E-state index >= 15 is 0 Å². The minimum atomic E-state index is -1.22. The van der Waals surface area contributed by atoms with E-state index in [1.54, 1.807) is 6.92 Å². The highest BCUT2D eigenvalue weighted by molar-refractivity contribution is 5.87. The summed E-state index contributed by atoms with van der Waals surface area (Å²) in [6.45, 7) is 2.25. The van der Waals surface area contributed by atoms with Crippen LogP contribution in [0.15, 0.2) is 0 Å². The number of aliphatic carboxylic acids is 1. The molecule has 0 spiro atoms. The number of methoxy groups -OCH3 is 1. The molecule has 2 aliphatic rings. The summed E-state index contributed by atoms with van der Waals surface area (Å²) in [6.07, 6.45) is 2.18. The zero-order valence-electron chi connectivity index (χ0n) is 11.7. The largest absolute Gasteiger partial charge is 0.480 e. The smallest absolute Gasteiger partial charge is 0.329 e. The number of rotatable bonds is 4. The number of carbonyl (C=O) groups excluding carboxylic acids is 2. The van der Waals surface area contributed by atoms with Crippen molar-refractivity contribution in [3.05, 3.63) is 0 Å². The number of carboxylic acids is 1. The highest BCUT2D eigenvalue weighted by Gasteiger charge is 2.49. The Bertz CT molecular complexity index is 434. The minimum Gasteiger partial charge on any atom is -0.480 e. The molecule has 0 aromatic heterocycles. The monoisotopic (exact) mass is 284 g/mol. The van der Waals surface area contributed by atoms with Crippen LogP contribution in [-0.2, 0) is 14.3 Å². The summed E-state index contributed by atoms with van der Waals surface area (Å²) in [4.78, 5) is 36.4. The molecule has 1 saturated carbocycles. The van der Waals surface area contributed by atoms with Gasteiger partial charge in [-0.15, -0.1) is 0 Å². The first-order valence-corrected chi connectivity index (χ1v) is 6.76. The molecule has 2 N–H and O–H groups in total. The Morgan fingerprint density at radius 1 is 1.30 bits per heavy atom. The van der Waals surface area contributed by atoms with Gasteiger partial charge in [0.1, 0.15) is 5.54 Å². The molecule has 2 unspecified atom stereocenters. The summed E-state index contributed by atoms with van der Waals surface area (Å²) in [6, 6.07) is -0.423. The fourth-order valence-electron chi connectivity index (χ4n) is 2.60. The van der Waals surface area contributed by atoms with E-state index in [0.717, 1.165) is 12.8 Å². The molecule has 2 amide bonds. The van der Waals surface area contributed by atoms with Gasteiger partial charge in [-0.25, -0.2) is 9.59 Å². The maximum atomic E-state index is 12.2. The molecule has 1 aliphatic heterocycles. The molecule has 20 heavy (non-hydrogen) atoms. The van der Waals surface area contributed by atoms with Crippen LogP contribution in [0.1, 0.15) is 26.2 Å². The standard InChI is InChI=1S/C13H20N2O5/c1-13(11(17)18,9-3-4-9)14-12(19)15-6-5-8(7-15)10(16)20-2/h8-9H,3-7H2,1-2H3,(H,14,19)(H,17,18). The van der Waals surface area contributed by atoms with Crippen LogP contribution in [-0.4, -0.2) is 53.7 Å². The van der Waals surface area contributed by atoms with Crippen LogP contribution in [0.3, 0.4) is 0 Å². The zero-order valence-corrected chi connectivity index (χ0v) is 11.7. The quantitative estimate of drug-likeness (QED) is 0.730. The number of esters is 1. The van der Waals surface area contributed by atoms with Crippen molar-refractivity contribution in [2.75, 3.05) is 20.2 Å². The normalized spacial score (nSPS) is 24.9. The van der Waals surface area contributed by atoms with Gasteiger partial charge in [-0.05, 0) is 32.1 Å². The fraction of sp³-hybridized carbons (Fsp3) is 0.769. The summed E-state index contributed by atoms with van der Waals surface area (Å²) >= 11 is 0. The third kappa shape index (κ3) is 2.71. The Morgan fingerprint density at radius 2 is 1.95 bits per heavy atom. The second kappa shape index (κ2) is 5.30. The second-order valence-corrected chi connectivity index (χ2v) is 5.67. The number of carboxylic acid groups (broad SMARTS) is 1. The minimum absolute atomic E-state index is 0.0112. The van der Waals surface area contributed by atoms with Gasteiger partial charge in [-0.1, -0.05) is 0 Å². The molecular formula is C13H20N2O5. The van der Waals surface area contributed by atoms with E-state index in [9.17, 15) is 19.5 Å². The molecule has 0 aromatic carbocycles. The fourth-order valence-corrected chi connectivity index (χ4v) is 2.60. The Morgan fingerprint density at radius 3 is 2.45 bits per heavy atom. The summed E-state index contributed by atoms with van der Waals surface area (Å²) in [7, 11) is 1.32. The van der Waals surface area contributed by atoms with Crippen LogP contribution in [0.4, 0.5) is 4.79 Å². The number of nitrogens with zero attached hydrogens (tertiary/aromatic N) is 1. The van der Waals surface area contributed by atoms with E-state index in [0.29, 0.717) is 13.0 Å². The van der Waals surface area contributed by atoms with Gasteiger partial charge >= 0.3 is 18.0 Å². The van der Waals surface area contributed by atoms with E-state index in [4.69, 9.17) is 0 Å². The van der Waals surface area contributed by atoms with Gasteiger partial charge in [0.25, 0.3) is 0 Å². The highest BCUT2D eigenvalue weighted by atomic mass is 16.5. The number of carbonyl (C=O) groups is 3. The van der Waals surface area contributed by atoms with E-state index in [1.807, 2.05) is 0 Å². The lowest BCUT2D eigenvalue weighted by atomic mass is 9.96. The molecule has 0 bridgehead atoms. The van der Waals surface area contributed by atoms with E-state index in [-0.39, 0.29) is 24.3 Å². The van der Waals surface area contributed by atoms with Crippen molar-refractivity contribution >= 4 is 18.0 Å². The van der Waals surface area contributed by atoms with Crippen molar-refractivity contribution in [2.24, 2.45) is 11.8 Å². The van der Waals surface area contributed by atoms with Gasteiger partial charge in [0.15, 0.2) is 0 Å². The van der Waals surface area contributed by atoms with E-state index in [2.05, 4.69) is 10.1 Å². The van der Waals surface area contributed by atoms with Gasteiger partial charge in [0, 0.05) is 13.1 Å². The van der Waals surface area contributed by atoms with Crippen molar-refractivity contribution in [1.82, 2.24) is 10.2 Å². The number of hydrogen-bond donors (Lipinski definition) is 2. The second-order valence-electron chi connectivity index (χ2n) is 5.67. The van der Waals surface area contributed by atoms with Crippen LogP contribution in [0.2, 0.25) is 0 Å². The zero-order chi connectivity index (χ0) is 14.9. The lowest BCUT2D eigenvalue weighted by molar-refractivity contribution is -0.145. The maximum Gasteiger partial charge on any atom is 0.329 e. The first-order valence-electron chi connectivity index (χ1n) is 6.76. The lowest BCUT2D eigenvalue weighted by Gasteiger charge is -2.29. The van der Waals surface area contributed by atoms with Crippen molar-refractivity contribution in [2.45, 2.75) is 31.7 Å². The number of urea groups is 1.